The molecular weight excluding hydrogens is 360 g/mol. The van der Waals surface area contributed by atoms with Crippen LogP contribution in [0.1, 0.15) is 17.2 Å². The predicted octanol–water partition coefficient (Wildman–Crippen LogP) is 3.16. The van der Waals surface area contributed by atoms with E-state index in [-0.39, 0.29) is 6.54 Å². The third kappa shape index (κ3) is 5.49. The Morgan fingerprint density at radius 3 is 2.44 bits per heavy atom. The number of carbonyl (C=O) groups is 2. The number of halogens is 1. The summed E-state index contributed by atoms with van der Waals surface area (Å²) in [5, 5.41) is 15.5. The van der Waals surface area contributed by atoms with Gasteiger partial charge in [-0.05, 0) is 48.6 Å². The first-order valence-corrected chi connectivity index (χ1v) is 9.18. The Hall–Kier alpha value is -2.02. The highest BCUT2D eigenvalue weighted by Crippen LogP contribution is 2.20. The number of aliphatic hydroxyl groups excluding tert-OH is 1. The Bertz CT molecular complexity index is 765. The second-order valence-electron chi connectivity index (χ2n) is 5.42. The average Bonchev–Trinajstić information content (AvgIpc) is 2.62. The van der Waals surface area contributed by atoms with Crippen LogP contribution in [0.2, 0.25) is 5.02 Å². The Morgan fingerprint density at radius 1 is 1.16 bits per heavy atom. The molecule has 2 aromatic carbocycles. The fourth-order valence-electron chi connectivity index (χ4n) is 2.07. The van der Waals surface area contributed by atoms with Crippen molar-refractivity contribution >= 4 is 40.9 Å². The molecule has 0 bridgehead atoms. The number of carbonyl (C=O) groups excluding carboxylic acids is 2. The molecule has 0 aliphatic carbocycles. The minimum absolute atomic E-state index is 0.0560. The summed E-state index contributed by atoms with van der Waals surface area (Å²) in [6.07, 6.45) is 1.08. The van der Waals surface area contributed by atoms with Crippen molar-refractivity contribution < 1.29 is 14.7 Å². The van der Waals surface area contributed by atoms with Crippen LogP contribution in [0, 0.1) is 6.92 Å². The zero-order valence-corrected chi connectivity index (χ0v) is 15.4. The van der Waals surface area contributed by atoms with Crippen LogP contribution in [0.3, 0.4) is 0 Å². The second-order valence-corrected chi connectivity index (χ2v) is 6.70. The lowest BCUT2D eigenvalue weighted by molar-refractivity contribution is -0.136. The lowest BCUT2D eigenvalue weighted by atomic mass is 10.1. The van der Waals surface area contributed by atoms with Crippen LogP contribution in [-0.2, 0) is 9.59 Å². The lowest BCUT2D eigenvalue weighted by Crippen LogP contribution is -2.37. The van der Waals surface area contributed by atoms with Gasteiger partial charge in [0.1, 0.15) is 0 Å². The molecule has 0 aromatic heterocycles. The van der Waals surface area contributed by atoms with Gasteiger partial charge in [0, 0.05) is 22.2 Å². The van der Waals surface area contributed by atoms with Gasteiger partial charge in [-0.15, -0.1) is 11.8 Å². The maximum atomic E-state index is 11.9. The Balaban J connectivity index is 1.87. The molecule has 2 aromatic rings. The van der Waals surface area contributed by atoms with Crippen LogP contribution in [0.5, 0.6) is 0 Å². The SMILES string of the molecule is CSc1ccc(C(O)CNC(=O)C(=O)Nc2ccc(C)c(Cl)c2)cc1. The Morgan fingerprint density at radius 2 is 1.84 bits per heavy atom. The van der Waals surface area contributed by atoms with Gasteiger partial charge in [0.15, 0.2) is 0 Å². The summed E-state index contributed by atoms with van der Waals surface area (Å²) < 4.78 is 0. The number of anilines is 1. The number of benzene rings is 2. The number of aryl methyl sites for hydroxylation is 1. The van der Waals surface area contributed by atoms with Crippen molar-refractivity contribution in [2.24, 2.45) is 0 Å². The highest BCUT2D eigenvalue weighted by Gasteiger charge is 2.16. The maximum absolute atomic E-state index is 11.9. The van der Waals surface area contributed by atoms with Crippen molar-refractivity contribution in [3.05, 3.63) is 58.6 Å². The molecule has 25 heavy (non-hydrogen) atoms. The molecule has 0 fully saturated rings. The van der Waals surface area contributed by atoms with Crippen molar-refractivity contribution in [3.63, 3.8) is 0 Å². The van der Waals surface area contributed by atoms with E-state index in [4.69, 9.17) is 11.6 Å². The molecule has 1 unspecified atom stereocenters. The van der Waals surface area contributed by atoms with Crippen molar-refractivity contribution in [1.82, 2.24) is 5.32 Å². The molecule has 132 valence electrons. The summed E-state index contributed by atoms with van der Waals surface area (Å²) in [7, 11) is 0. The number of rotatable bonds is 5. The highest BCUT2D eigenvalue weighted by molar-refractivity contribution is 7.98. The molecule has 0 saturated carbocycles. The van der Waals surface area contributed by atoms with Crippen LogP contribution in [0.4, 0.5) is 5.69 Å². The van der Waals surface area contributed by atoms with E-state index in [0.717, 1.165) is 10.5 Å². The van der Waals surface area contributed by atoms with E-state index in [2.05, 4.69) is 10.6 Å². The third-order valence-electron chi connectivity index (χ3n) is 3.59. The molecule has 0 saturated heterocycles. The standard InChI is InChI=1S/C18H19ClN2O3S/c1-11-3-6-13(9-15(11)19)21-18(24)17(23)20-10-16(22)12-4-7-14(25-2)8-5-12/h3-9,16,22H,10H2,1-2H3,(H,20,23)(H,21,24). The normalized spacial score (nSPS) is 11.7. The summed E-state index contributed by atoms with van der Waals surface area (Å²) in [6.45, 7) is 1.79. The summed E-state index contributed by atoms with van der Waals surface area (Å²) in [5.74, 6) is -1.64. The van der Waals surface area contributed by atoms with Gasteiger partial charge >= 0.3 is 11.8 Å². The average molecular weight is 379 g/mol. The van der Waals surface area contributed by atoms with Gasteiger partial charge in [-0.1, -0.05) is 29.8 Å². The van der Waals surface area contributed by atoms with E-state index in [1.807, 2.05) is 25.3 Å². The summed E-state index contributed by atoms with van der Waals surface area (Å²) in [4.78, 5) is 24.8. The molecule has 1 atom stereocenters. The van der Waals surface area contributed by atoms with E-state index >= 15 is 0 Å². The van der Waals surface area contributed by atoms with Crippen LogP contribution in [-0.4, -0.2) is 29.7 Å². The molecule has 0 radical (unpaired) electrons. The fourth-order valence-corrected chi connectivity index (χ4v) is 2.66. The second kappa shape index (κ2) is 8.89. The van der Waals surface area contributed by atoms with E-state index in [1.165, 1.54) is 0 Å². The fraction of sp³-hybridized carbons (Fsp3) is 0.222. The third-order valence-corrected chi connectivity index (χ3v) is 4.74. The van der Waals surface area contributed by atoms with E-state index in [9.17, 15) is 14.7 Å². The van der Waals surface area contributed by atoms with Crippen LogP contribution in [0.15, 0.2) is 47.4 Å². The lowest BCUT2D eigenvalue weighted by Gasteiger charge is -2.13. The highest BCUT2D eigenvalue weighted by atomic mass is 35.5. The minimum atomic E-state index is -0.888. The number of hydrogen-bond donors (Lipinski definition) is 3. The van der Waals surface area contributed by atoms with Gasteiger partial charge in [0.2, 0.25) is 0 Å². The van der Waals surface area contributed by atoms with Crippen LogP contribution >= 0.6 is 23.4 Å². The van der Waals surface area contributed by atoms with Gasteiger partial charge in [0.05, 0.1) is 6.10 Å². The molecule has 5 nitrogen and oxygen atoms in total. The summed E-state index contributed by atoms with van der Waals surface area (Å²) >= 11 is 7.58. The first kappa shape index (κ1) is 19.3. The molecule has 3 N–H and O–H groups in total. The van der Waals surface area contributed by atoms with Crippen molar-refractivity contribution in [1.29, 1.82) is 0 Å². The van der Waals surface area contributed by atoms with Gasteiger partial charge in [-0.2, -0.15) is 0 Å². The zero-order chi connectivity index (χ0) is 18.4. The summed E-state index contributed by atoms with van der Waals surface area (Å²) in [6, 6.07) is 12.3. The number of nitrogens with one attached hydrogen (secondary N) is 2. The molecule has 0 aliphatic heterocycles. The number of aliphatic hydroxyl groups is 1. The smallest absolute Gasteiger partial charge is 0.313 e. The van der Waals surface area contributed by atoms with Crippen molar-refractivity contribution in [2.45, 2.75) is 17.9 Å². The Kier molecular flexibility index (Phi) is 6.87. The van der Waals surface area contributed by atoms with Gasteiger partial charge in [-0.25, -0.2) is 0 Å². The molecule has 0 spiro atoms. The Labute approximate surface area is 155 Å². The summed E-state index contributed by atoms with van der Waals surface area (Å²) in [5.41, 5.74) is 1.98. The zero-order valence-electron chi connectivity index (χ0n) is 13.9. The van der Waals surface area contributed by atoms with Crippen LogP contribution in [0.25, 0.3) is 0 Å². The molecule has 2 rings (SSSR count). The number of amides is 2. The van der Waals surface area contributed by atoms with Gasteiger partial charge in [0.25, 0.3) is 0 Å². The van der Waals surface area contributed by atoms with Gasteiger partial charge in [-0.3, -0.25) is 9.59 Å². The van der Waals surface area contributed by atoms with E-state index < -0.39 is 17.9 Å². The van der Waals surface area contributed by atoms with Gasteiger partial charge < -0.3 is 15.7 Å². The van der Waals surface area contributed by atoms with Crippen molar-refractivity contribution in [2.75, 3.05) is 18.1 Å². The minimum Gasteiger partial charge on any atom is -0.387 e. The molecule has 0 aliphatic rings. The largest absolute Gasteiger partial charge is 0.387 e. The first-order valence-electron chi connectivity index (χ1n) is 7.58. The van der Waals surface area contributed by atoms with E-state index in [1.54, 1.807) is 42.1 Å². The quantitative estimate of drug-likeness (QED) is 0.551. The maximum Gasteiger partial charge on any atom is 0.313 e. The molecule has 2 amide bonds. The predicted molar refractivity (Wildman–Crippen MR) is 101 cm³/mol. The van der Waals surface area contributed by atoms with Crippen molar-refractivity contribution in [3.8, 4) is 0 Å². The number of thioether (sulfide) groups is 1. The molecule has 7 heteroatoms. The van der Waals surface area contributed by atoms with E-state index in [0.29, 0.717) is 16.3 Å². The molecular formula is C18H19ClN2O3S. The monoisotopic (exact) mass is 378 g/mol. The first-order chi connectivity index (χ1) is 11.9. The molecule has 0 heterocycles. The van der Waals surface area contributed by atoms with Crippen LogP contribution < -0.4 is 10.6 Å². The number of hydrogen-bond acceptors (Lipinski definition) is 4. The topological polar surface area (TPSA) is 78.4 Å².